The zero-order valence-corrected chi connectivity index (χ0v) is 11.7. The lowest BCUT2D eigenvalue weighted by atomic mass is 9.88. The van der Waals surface area contributed by atoms with Crippen LogP contribution < -0.4 is 5.32 Å². The van der Waals surface area contributed by atoms with E-state index in [1.807, 2.05) is 0 Å². The van der Waals surface area contributed by atoms with Gasteiger partial charge in [0.2, 0.25) is 0 Å². The van der Waals surface area contributed by atoms with E-state index in [1.54, 1.807) is 0 Å². The molecular formula is C16H22N2O. The van der Waals surface area contributed by atoms with Crippen molar-refractivity contribution in [3.05, 3.63) is 35.0 Å². The first-order chi connectivity index (χ1) is 9.15. The number of hydrogen-bond acceptors (Lipinski definition) is 2. The molecule has 0 saturated carbocycles. The molecule has 19 heavy (non-hydrogen) atoms. The summed E-state index contributed by atoms with van der Waals surface area (Å²) in [5.41, 5.74) is 5.09. The highest BCUT2D eigenvalue weighted by Crippen LogP contribution is 2.27. The van der Waals surface area contributed by atoms with Crippen LogP contribution in [0.5, 0.6) is 0 Å². The number of piperidine rings is 1. The molecule has 3 N–H and O–H groups in total. The van der Waals surface area contributed by atoms with E-state index in [0.29, 0.717) is 5.92 Å². The summed E-state index contributed by atoms with van der Waals surface area (Å²) < 4.78 is 0. The van der Waals surface area contributed by atoms with Gasteiger partial charge in [0, 0.05) is 29.1 Å². The fourth-order valence-electron chi connectivity index (χ4n) is 3.15. The third kappa shape index (κ3) is 2.40. The molecule has 0 aliphatic carbocycles. The molecule has 3 nitrogen and oxygen atoms in total. The normalized spacial score (nSPS) is 23.9. The zero-order valence-electron chi connectivity index (χ0n) is 11.7. The molecule has 0 amide bonds. The van der Waals surface area contributed by atoms with E-state index in [2.05, 4.69) is 42.3 Å². The lowest BCUT2D eigenvalue weighted by molar-refractivity contribution is 0.0792. The SMILES string of the molecule is Cc1ccc2c(CC3CNCCC3O)c(C)[nH]c2c1. The average Bonchev–Trinajstić information content (AvgIpc) is 2.68. The van der Waals surface area contributed by atoms with Crippen molar-refractivity contribution in [1.29, 1.82) is 0 Å². The fourth-order valence-corrected chi connectivity index (χ4v) is 3.15. The van der Waals surface area contributed by atoms with Crippen LogP contribution in [-0.4, -0.2) is 29.3 Å². The van der Waals surface area contributed by atoms with Crippen molar-refractivity contribution in [1.82, 2.24) is 10.3 Å². The van der Waals surface area contributed by atoms with Crippen LogP contribution in [0.1, 0.15) is 23.2 Å². The molecule has 2 aromatic rings. The van der Waals surface area contributed by atoms with Crippen molar-refractivity contribution in [2.24, 2.45) is 5.92 Å². The van der Waals surface area contributed by atoms with E-state index >= 15 is 0 Å². The summed E-state index contributed by atoms with van der Waals surface area (Å²) >= 11 is 0. The van der Waals surface area contributed by atoms with Gasteiger partial charge in [0.15, 0.2) is 0 Å². The van der Waals surface area contributed by atoms with Gasteiger partial charge >= 0.3 is 0 Å². The highest BCUT2D eigenvalue weighted by Gasteiger charge is 2.24. The van der Waals surface area contributed by atoms with E-state index in [-0.39, 0.29) is 6.10 Å². The van der Waals surface area contributed by atoms with Crippen molar-refractivity contribution in [3.63, 3.8) is 0 Å². The van der Waals surface area contributed by atoms with Gasteiger partial charge < -0.3 is 15.4 Å². The highest BCUT2D eigenvalue weighted by atomic mass is 16.3. The molecule has 102 valence electrons. The van der Waals surface area contributed by atoms with E-state index < -0.39 is 0 Å². The average molecular weight is 258 g/mol. The number of hydrogen-bond donors (Lipinski definition) is 3. The second kappa shape index (κ2) is 4.99. The van der Waals surface area contributed by atoms with Gasteiger partial charge in [0.25, 0.3) is 0 Å². The maximum absolute atomic E-state index is 10.1. The van der Waals surface area contributed by atoms with Crippen LogP contribution in [0, 0.1) is 19.8 Å². The quantitative estimate of drug-likeness (QED) is 0.774. The van der Waals surface area contributed by atoms with Crippen LogP contribution in [0.15, 0.2) is 18.2 Å². The number of nitrogens with one attached hydrogen (secondary N) is 2. The molecule has 3 heteroatoms. The predicted molar refractivity (Wildman–Crippen MR) is 78.5 cm³/mol. The van der Waals surface area contributed by atoms with Crippen molar-refractivity contribution in [3.8, 4) is 0 Å². The number of rotatable bonds is 2. The van der Waals surface area contributed by atoms with Crippen LogP contribution >= 0.6 is 0 Å². The van der Waals surface area contributed by atoms with Gasteiger partial charge in [0.1, 0.15) is 0 Å². The monoisotopic (exact) mass is 258 g/mol. The molecule has 1 aliphatic heterocycles. The van der Waals surface area contributed by atoms with Crippen LogP contribution in [0.25, 0.3) is 10.9 Å². The first-order valence-corrected chi connectivity index (χ1v) is 7.11. The van der Waals surface area contributed by atoms with Gasteiger partial charge in [-0.25, -0.2) is 0 Å². The Hall–Kier alpha value is -1.32. The number of aliphatic hydroxyl groups is 1. The van der Waals surface area contributed by atoms with E-state index in [4.69, 9.17) is 0 Å². The number of aromatic nitrogens is 1. The molecule has 1 saturated heterocycles. The summed E-state index contributed by atoms with van der Waals surface area (Å²) in [5, 5.41) is 14.8. The molecule has 1 aromatic carbocycles. The Morgan fingerprint density at radius 2 is 2.16 bits per heavy atom. The zero-order chi connectivity index (χ0) is 13.4. The maximum Gasteiger partial charge on any atom is 0.0595 e. The molecule has 3 rings (SSSR count). The summed E-state index contributed by atoms with van der Waals surface area (Å²) in [6, 6.07) is 6.56. The van der Waals surface area contributed by atoms with Crippen molar-refractivity contribution < 1.29 is 5.11 Å². The van der Waals surface area contributed by atoms with Gasteiger partial charge in [-0.05, 0) is 50.4 Å². The number of aliphatic hydroxyl groups excluding tert-OH is 1. The topological polar surface area (TPSA) is 48.0 Å². The molecule has 1 aromatic heterocycles. The van der Waals surface area contributed by atoms with E-state index in [9.17, 15) is 5.11 Å². The minimum atomic E-state index is -0.170. The molecule has 2 heterocycles. The molecule has 0 spiro atoms. The fraction of sp³-hybridized carbons (Fsp3) is 0.500. The van der Waals surface area contributed by atoms with Crippen molar-refractivity contribution in [2.45, 2.75) is 32.8 Å². The third-order valence-corrected chi connectivity index (χ3v) is 4.31. The van der Waals surface area contributed by atoms with Crippen molar-refractivity contribution in [2.75, 3.05) is 13.1 Å². The van der Waals surface area contributed by atoms with Crippen LogP contribution in [0.4, 0.5) is 0 Å². The third-order valence-electron chi connectivity index (χ3n) is 4.31. The molecule has 2 unspecified atom stereocenters. The standard InChI is InChI=1S/C16H22N2O/c1-10-3-4-13-14(11(2)18-15(13)7-10)8-12-9-17-6-5-16(12)19/h3-4,7,12,16-19H,5-6,8-9H2,1-2H3. The van der Waals surface area contributed by atoms with Gasteiger partial charge in [-0.15, -0.1) is 0 Å². The van der Waals surface area contributed by atoms with Crippen LogP contribution in [-0.2, 0) is 6.42 Å². The molecule has 2 atom stereocenters. The molecule has 0 bridgehead atoms. The summed E-state index contributed by atoms with van der Waals surface area (Å²) in [6.07, 6.45) is 1.64. The molecular weight excluding hydrogens is 236 g/mol. The highest BCUT2D eigenvalue weighted by molar-refractivity contribution is 5.85. The first-order valence-electron chi connectivity index (χ1n) is 7.11. The number of H-pyrrole nitrogens is 1. The Kier molecular flexibility index (Phi) is 3.33. The number of fused-ring (bicyclic) bond motifs is 1. The summed E-state index contributed by atoms with van der Waals surface area (Å²) in [4.78, 5) is 3.47. The smallest absolute Gasteiger partial charge is 0.0595 e. The lowest BCUT2D eigenvalue weighted by Gasteiger charge is -2.28. The maximum atomic E-state index is 10.1. The summed E-state index contributed by atoms with van der Waals surface area (Å²) in [7, 11) is 0. The van der Waals surface area contributed by atoms with Gasteiger partial charge in [-0.1, -0.05) is 12.1 Å². The Morgan fingerprint density at radius 1 is 1.32 bits per heavy atom. The van der Waals surface area contributed by atoms with E-state index in [0.717, 1.165) is 25.9 Å². The number of benzene rings is 1. The molecule has 1 aliphatic rings. The second-order valence-corrected chi connectivity index (χ2v) is 5.80. The van der Waals surface area contributed by atoms with Crippen LogP contribution in [0.2, 0.25) is 0 Å². The van der Waals surface area contributed by atoms with E-state index in [1.165, 1.54) is 27.7 Å². The second-order valence-electron chi connectivity index (χ2n) is 5.80. The Bertz CT molecular complexity index is 588. The predicted octanol–water partition coefficient (Wildman–Crippen LogP) is 2.30. The molecule has 0 radical (unpaired) electrons. The lowest BCUT2D eigenvalue weighted by Crippen LogP contribution is -2.40. The largest absolute Gasteiger partial charge is 0.393 e. The minimum Gasteiger partial charge on any atom is -0.393 e. The summed E-state index contributed by atoms with van der Waals surface area (Å²) in [5.74, 6) is 0.327. The van der Waals surface area contributed by atoms with Gasteiger partial charge in [-0.3, -0.25) is 0 Å². The Balaban J connectivity index is 1.93. The van der Waals surface area contributed by atoms with Crippen molar-refractivity contribution >= 4 is 10.9 Å². The van der Waals surface area contributed by atoms with Crippen LogP contribution in [0.3, 0.4) is 0 Å². The Labute approximate surface area is 114 Å². The summed E-state index contributed by atoms with van der Waals surface area (Å²) in [6.45, 7) is 6.10. The first kappa shape index (κ1) is 12.7. The Morgan fingerprint density at radius 3 is 2.95 bits per heavy atom. The molecule has 1 fully saturated rings. The number of aryl methyl sites for hydroxylation is 2. The minimum absolute atomic E-state index is 0.170. The number of aromatic amines is 1. The van der Waals surface area contributed by atoms with Gasteiger partial charge in [0.05, 0.1) is 6.10 Å². The van der Waals surface area contributed by atoms with Gasteiger partial charge in [-0.2, -0.15) is 0 Å².